The zero-order chi connectivity index (χ0) is 19.3. The smallest absolute Gasteiger partial charge is 0.225 e. The van der Waals surface area contributed by atoms with Gasteiger partial charge in [0, 0.05) is 28.7 Å². The second-order valence-corrected chi connectivity index (χ2v) is 7.23. The number of halogens is 1. The van der Waals surface area contributed by atoms with Gasteiger partial charge in [0.05, 0.1) is 6.04 Å². The van der Waals surface area contributed by atoms with Crippen LogP contribution in [0.5, 0.6) is 0 Å². The molecule has 0 spiro atoms. The van der Waals surface area contributed by atoms with Crippen LogP contribution in [-0.4, -0.2) is 25.1 Å². The monoisotopic (exact) mass is 377 g/mol. The van der Waals surface area contributed by atoms with E-state index < -0.39 is 5.82 Å². The highest BCUT2D eigenvalue weighted by molar-refractivity contribution is 5.83. The summed E-state index contributed by atoms with van der Waals surface area (Å²) in [6.07, 6.45) is 4.16. The Morgan fingerprint density at radius 2 is 2.11 bits per heavy atom. The van der Waals surface area contributed by atoms with Crippen molar-refractivity contribution in [1.29, 1.82) is 0 Å². The molecule has 5 rings (SSSR count). The summed E-state index contributed by atoms with van der Waals surface area (Å²) in [5.74, 6) is -0.0943. The van der Waals surface area contributed by atoms with E-state index in [4.69, 9.17) is 5.73 Å². The molecule has 0 bridgehead atoms. The summed E-state index contributed by atoms with van der Waals surface area (Å²) in [6.45, 7) is 2.00. The highest BCUT2D eigenvalue weighted by Crippen LogP contribution is 2.40. The second kappa shape index (κ2) is 6.33. The van der Waals surface area contributed by atoms with Crippen molar-refractivity contribution in [3.8, 4) is 11.4 Å². The minimum Gasteiger partial charge on any atom is -0.381 e. The van der Waals surface area contributed by atoms with Gasteiger partial charge in [-0.15, -0.1) is 0 Å². The molecular formula is C20H20FN7. The van der Waals surface area contributed by atoms with Gasteiger partial charge in [-0.1, -0.05) is 12.1 Å². The first-order valence-electron chi connectivity index (χ1n) is 9.31. The van der Waals surface area contributed by atoms with Gasteiger partial charge in [-0.05, 0) is 43.5 Å². The number of nitrogen functional groups attached to an aromatic ring is 1. The molecule has 5 N–H and O–H groups in total. The Labute approximate surface area is 160 Å². The summed E-state index contributed by atoms with van der Waals surface area (Å²) in [6, 6.07) is 9.81. The number of rotatable bonds is 5. The number of aromatic nitrogens is 5. The van der Waals surface area contributed by atoms with E-state index in [9.17, 15) is 4.39 Å². The molecule has 1 aliphatic rings. The van der Waals surface area contributed by atoms with Gasteiger partial charge >= 0.3 is 0 Å². The molecule has 8 heteroatoms. The van der Waals surface area contributed by atoms with Crippen molar-refractivity contribution >= 4 is 22.7 Å². The Balaban J connectivity index is 1.48. The van der Waals surface area contributed by atoms with E-state index in [-0.39, 0.29) is 23.5 Å². The van der Waals surface area contributed by atoms with E-state index in [1.54, 1.807) is 0 Å². The van der Waals surface area contributed by atoms with Crippen molar-refractivity contribution in [3.05, 3.63) is 53.6 Å². The zero-order valence-corrected chi connectivity index (χ0v) is 15.3. The molecule has 0 radical (unpaired) electrons. The van der Waals surface area contributed by atoms with Crippen molar-refractivity contribution < 1.29 is 4.39 Å². The Kier molecular flexibility index (Phi) is 3.78. The lowest BCUT2D eigenvalue weighted by atomic mass is 10.0. The summed E-state index contributed by atoms with van der Waals surface area (Å²) in [5, 5.41) is 11.5. The molecule has 0 amide bonds. The highest BCUT2D eigenvalue weighted by atomic mass is 19.1. The predicted molar refractivity (Wildman–Crippen MR) is 106 cm³/mol. The van der Waals surface area contributed by atoms with Crippen molar-refractivity contribution in [3.63, 3.8) is 0 Å². The van der Waals surface area contributed by atoms with E-state index in [1.807, 2.05) is 43.5 Å². The van der Waals surface area contributed by atoms with Crippen LogP contribution >= 0.6 is 0 Å². The average Bonchev–Trinajstić information content (AvgIpc) is 3.22. The molecule has 1 aromatic carbocycles. The van der Waals surface area contributed by atoms with Gasteiger partial charge in [0.15, 0.2) is 11.6 Å². The Morgan fingerprint density at radius 1 is 1.25 bits per heavy atom. The van der Waals surface area contributed by atoms with Crippen LogP contribution in [-0.2, 0) is 0 Å². The summed E-state index contributed by atoms with van der Waals surface area (Å²) in [5.41, 5.74) is 9.51. The van der Waals surface area contributed by atoms with E-state index in [1.165, 1.54) is 0 Å². The summed E-state index contributed by atoms with van der Waals surface area (Å²) in [7, 11) is 0. The largest absolute Gasteiger partial charge is 0.381 e. The lowest BCUT2D eigenvalue weighted by molar-refractivity contribution is 0.623. The SMILES string of the molecule is C[C@@H](Nc1nc(N)c(F)c(-c2cc(C3CC3)[nH]n2)n1)c1cccc2[nH]ccc12. The average molecular weight is 377 g/mol. The molecule has 0 saturated heterocycles. The van der Waals surface area contributed by atoms with Crippen LogP contribution in [0, 0.1) is 5.82 Å². The van der Waals surface area contributed by atoms with Gasteiger partial charge in [-0.3, -0.25) is 5.10 Å². The highest BCUT2D eigenvalue weighted by Gasteiger charge is 2.27. The molecule has 1 saturated carbocycles. The molecule has 28 heavy (non-hydrogen) atoms. The third kappa shape index (κ3) is 2.87. The number of nitrogens with two attached hydrogens (primary N) is 1. The Morgan fingerprint density at radius 3 is 2.93 bits per heavy atom. The van der Waals surface area contributed by atoms with Crippen molar-refractivity contribution in [2.45, 2.75) is 31.7 Å². The van der Waals surface area contributed by atoms with E-state index in [2.05, 4.69) is 30.5 Å². The van der Waals surface area contributed by atoms with Crippen molar-refractivity contribution in [1.82, 2.24) is 25.1 Å². The normalized spacial score (nSPS) is 15.1. The fraction of sp³-hybridized carbons (Fsp3) is 0.250. The number of fused-ring (bicyclic) bond motifs is 1. The van der Waals surface area contributed by atoms with Crippen molar-refractivity contribution in [2.24, 2.45) is 0 Å². The molecule has 4 aromatic rings. The lowest BCUT2D eigenvalue weighted by Gasteiger charge is -2.16. The maximum atomic E-state index is 14.6. The maximum absolute atomic E-state index is 14.6. The van der Waals surface area contributed by atoms with Crippen LogP contribution in [0.3, 0.4) is 0 Å². The fourth-order valence-electron chi connectivity index (χ4n) is 3.52. The van der Waals surface area contributed by atoms with Crippen LogP contribution in [0.25, 0.3) is 22.3 Å². The third-order valence-electron chi connectivity index (χ3n) is 5.18. The van der Waals surface area contributed by atoms with Crippen LogP contribution < -0.4 is 11.1 Å². The molecule has 142 valence electrons. The molecule has 1 atom stereocenters. The number of H-pyrrole nitrogens is 2. The quantitative estimate of drug-likeness (QED) is 0.418. The van der Waals surface area contributed by atoms with Gasteiger partial charge < -0.3 is 16.0 Å². The van der Waals surface area contributed by atoms with E-state index in [0.29, 0.717) is 11.6 Å². The molecule has 3 heterocycles. The first kappa shape index (κ1) is 16.7. The number of hydrogen-bond acceptors (Lipinski definition) is 5. The predicted octanol–water partition coefficient (Wildman–Crippen LogP) is 4.12. The van der Waals surface area contributed by atoms with Gasteiger partial charge in [0.25, 0.3) is 0 Å². The molecule has 0 unspecified atom stereocenters. The van der Waals surface area contributed by atoms with Gasteiger partial charge in [-0.2, -0.15) is 10.1 Å². The van der Waals surface area contributed by atoms with Crippen molar-refractivity contribution in [2.75, 3.05) is 11.1 Å². The molecule has 1 fully saturated rings. The topological polar surface area (TPSA) is 108 Å². The molecular weight excluding hydrogens is 357 g/mol. The second-order valence-electron chi connectivity index (χ2n) is 7.23. The Hall–Kier alpha value is -3.42. The number of benzene rings is 1. The summed E-state index contributed by atoms with van der Waals surface area (Å²) >= 11 is 0. The zero-order valence-electron chi connectivity index (χ0n) is 15.3. The number of hydrogen-bond donors (Lipinski definition) is 4. The number of aromatic amines is 2. The van der Waals surface area contributed by atoms with E-state index >= 15 is 0 Å². The van der Waals surface area contributed by atoms with Crippen LogP contribution in [0.4, 0.5) is 16.2 Å². The first-order chi connectivity index (χ1) is 13.6. The molecule has 0 aliphatic heterocycles. The van der Waals surface area contributed by atoms with Gasteiger partial charge in [0.1, 0.15) is 11.4 Å². The third-order valence-corrected chi connectivity index (χ3v) is 5.18. The standard InChI is InChI=1S/C20H20FN7/c1-10(12-3-2-4-14-13(12)7-8-23-14)24-20-25-18(17(21)19(22)26-20)16-9-15(27-28-16)11-5-6-11/h2-4,7-11,23H,5-6H2,1H3,(H,27,28)(H3,22,24,25,26)/t10-/m1/s1. The minimum atomic E-state index is -0.653. The van der Waals surface area contributed by atoms with Gasteiger partial charge in [-0.25, -0.2) is 9.37 Å². The Bertz CT molecular complexity index is 1160. The number of nitrogens with zero attached hydrogens (tertiary/aromatic N) is 3. The molecule has 7 nitrogen and oxygen atoms in total. The van der Waals surface area contributed by atoms with E-state index in [0.717, 1.165) is 35.0 Å². The fourth-order valence-corrected chi connectivity index (χ4v) is 3.52. The van der Waals surface area contributed by atoms with Crippen LogP contribution in [0.1, 0.15) is 43.0 Å². The summed E-state index contributed by atoms with van der Waals surface area (Å²) in [4.78, 5) is 11.6. The summed E-state index contributed by atoms with van der Waals surface area (Å²) < 4.78 is 14.6. The van der Waals surface area contributed by atoms with Crippen LogP contribution in [0.2, 0.25) is 0 Å². The molecule has 3 aromatic heterocycles. The first-order valence-corrected chi connectivity index (χ1v) is 9.31. The molecule has 1 aliphatic carbocycles. The number of anilines is 2. The van der Waals surface area contributed by atoms with Crippen LogP contribution in [0.15, 0.2) is 36.5 Å². The number of nitrogens with one attached hydrogen (secondary N) is 3. The lowest BCUT2D eigenvalue weighted by Crippen LogP contribution is -2.12. The minimum absolute atomic E-state index is 0.0987. The maximum Gasteiger partial charge on any atom is 0.225 e. The van der Waals surface area contributed by atoms with Gasteiger partial charge in [0.2, 0.25) is 5.95 Å².